The Hall–Kier alpha value is -3.64. The molecule has 0 spiro atoms. The second-order valence-corrected chi connectivity index (χ2v) is 10.7. The van der Waals surface area contributed by atoms with Gasteiger partial charge in [0.1, 0.15) is 0 Å². The molecule has 168 valence electrons. The summed E-state index contributed by atoms with van der Waals surface area (Å²) in [6.45, 7) is 8.75. The van der Waals surface area contributed by atoms with Crippen LogP contribution in [0.4, 0.5) is 0 Å². The van der Waals surface area contributed by atoms with Crippen molar-refractivity contribution >= 4 is 10.8 Å². The van der Waals surface area contributed by atoms with E-state index in [9.17, 15) is 0 Å². The fraction of sp³-hybridized carbons (Fsp3) is 0.176. The maximum atomic E-state index is 2.31. The monoisotopic (exact) mass is 440 g/mol. The first-order valence-electron chi connectivity index (χ1n) is 12.1. The minimum atomic E-state index is -0.324. The van der Waals surface area contributed by atoms with Crippen molar-refractivity contribution < 1.29 is 0 Å². The Morgan fingerprint density at radius 1 is 0.471 bits per heavy atom. The minimum Gasteiger partial charge on any atom is -0.0622 e. The number of benzene rings is 5. The topological polar surface area (TPSA) is 0 Å². The third-order valence-electron chi connectivity index (χ3n) is 6.34. The molecule has 0 unspecified atom stereocenters. The molecule has 0 saturated heterocycles. The minimum absolute atomic E-state index is 0.324. The molecule has 0 heterocycles. The second-order valence-electron chi connectivity index (χ2n) is 10.7. The summed E-state index contributed by atoms with van der Waals surface area (Å²) < 4.78 is 0. The predicted octanol–water partition coefficient (Wildman–Crippen LogP) is 9.26. The van der Waals surface area contributed by atoms with Gasteiger partial charge in [-0.25, -0.2) is 0 Å². The molecule has 5 aromatic rings. The van der Waals surface area contributed by atoms with E-state index in [0.717, 1.165) is 0 Å². The van der Waals surface area contributed by atoms with E-state index in [-0.39, 0.29) is 5.41 Å². The van der Waals surface area contributed by atoms with Gasteiger partial charge in [0.2, 0.25) is 0 Å². The third kappa shape index (κ3) is 3.74. The molecule has 0 aliphatic heterocycles. The van der Waals surface area contributed by atoms with E-state index in [1.54, 1.807) is 0 Å². The highest BCUT2D eigenvalue weighted by Crippen LogP contribution is 2.57. The number of hydrogen-bond donors (Lipinski definition) is 0. The lowest BCUT2D eigenvalue weighted by Gasteiger charge is -2.34. The van der Waals surface area contributed by atoms with Gasteiger partial charge in [0.15, 0.2) is 0 Å². The van der Waals surface area contributed by atoms with Crippen molar-refractivity contribution in [2.24, 2.45) is 5.41 Å². The molecule has 5 aromatic carbocycles. The number of fused-ring (bicyclic) bond motifs is 5. The molecule has 0 saturated carbocycles. The van der Waals surface area contributed by atoms with E-state index in [1.165, 1.54) is 44.2 Å². The first kappa shape index (κ1) is 22.2. The lowest BCUT2D eigenvalue weighted by molar-refractivity contribution is 0.469. The van der Waals surface area contributed by atoms with Gasteiger partial charge in [0, 0.05) is 0 Å². The second kappa shape index (κ2) is 8.61. The summed E-state index contributed by atoms with van der Waals surface area (Å²) in [4.78, 5) is 0. The SMILES string of the molecule is CC(C)(C)C.c1ccc(C2(c3ccccc3)c3ccccc3-c3ccc4ccccc4c32)cc1. The molecule has 0 amide bonds. The van der Waals surface area contributed by atoms with Crippen LogP contribution >= 0.6 is 0 Å². The molecular weight excluding hydrogens is 408 g/mol. The molecule has 0 N–H and O–H groups in total. The summed E-state index contributed by atoms with van der Waals surface area (Å²) in [5, 5.41) is 2.61. The van der Waals surface area contributed by atoms with Gasteiger partial charge in [-0.15, -0.1) is 0 Å². The first-order chi connectivity index (χ1) is 16.4. The largest absolute Gasteiger partial charge is 0.0719 e. The molecule has 1 aliphatic rings. The van der Waals surface area contributed by atoms with E-state index < -0.39 is 0 Å². The Bertz CT molecular complexity index is 1370. The molecule has 1 aliphatic carbocycles. The van der Waals surface area contributed by atoms with Crippen molar-refractivity contribution in [2.45, 2.75) is 33.1 Å². The van der Waals surface area contributed by atoms with E-state index in [0.29, 0.717) is 5.41 Å². The predicted molar refractivity (Wildman–Crippen MR) is 146 cm³/mol. The van der Waals surface area contributed by atoms with Crippen molar-refractivity contribution in [3.8, 4) is 11.1 Å². The van der Waals surface area contributed by atoms with Crippen LogP contribution in [-0.4, -0.2) is 0 Å². The van der Waals surface area contributed by atoms with Crippen LogP contribution < -0.4 is 0 Å². The van der Waals surface area contributed by atoms with E-state index in [2.05, 4.69) is 149 Å². The maximum Gasteiger partial charge on any atom is 0.0719 e. The smallest absolute Gasteiger partial charge is 0.0622 e. The fourth-order valence-corrected chi connectivity index (χ4v) is 5.22. The van der Waals surface area contributed by atoms with Crippen molar-refractivity contribution in [2.75, 3.05) is 0 Å². The standard InChI is InChI=1S/C29H20.C5H12/c1-3-12-22(13-4-1)29(23-14-5-2-6-15-23)27-18-10-9-17-25(27)26-20-19-21-11-7-8-16-24(21)28(26)29;1-5(2,3)4/h1-20H;1-4H3. The first-order valence-corrected chi connectivity index (χ1v) is 12.1. The Kier molecular flexibility index (Phi) is 5.62. The molecule has 0 aromatic heterocycles. The molecule has 34 heavy (non-hydrogen) atoms. The highest BCUT2D eigenvalue weighted by molar-refractivity contribution is 6.00. The quantitative estimate of drug-likeness (QED) is 0.252. The van der Waals surface area contributed by atoms with Crippen LogP contribution in [0.1, 0.15) is 49.9 Å². The van der Waals surface area contributed by atoms with Crippen LogP contribution in [-0.2, 0) is 5.41 Å². The van der Waals surface area contributed by atoms with Gasteiger partial charge in [0.25, 0.3) is 0 Å². The molecule has 0 radical (unpaired) electrons. The maximum absolute atomic E-state index is 2.31. The third-order valence-corrected chi connectivity index (χ3v) is 6.34. The van der Waals surface area contributed by atoms with Crippen LogP contribution in [0, 0.1) is 5.41 Å². The molecule has 0 nitrogen and oxygen atoms in total. The molecule has 6 rings (SSSR count). The van der Waals surface area contributed by atoms with Gasteiger partial charge in [-0.3, -0.25) is 0 Å². The summed E-state index contributed by atoms with van der Waals surface area (Å²) in [6, 6.07) is 44.2. The average Bonchev–Trinajstić information content (AvgIpc) is 3.16. The lowest BCUT2D eigenvalue weighted by atomic mass is 9.67. The van der Waals surface area contributed by atoms with Crippen molar-refractivity contribution in [1.29, 1.82) is 0 Å². The molecule has 0 bridgehead atoms. The van der Waals surface area contributed by atoms with Gasteiger partial charge >= 0.3 is 0 Å². The zero-order valence-electron chi connectivity index (χ0n) is 20.5. The van der Waals surface area contributed by atoms with Crippen LogP contribution in [0.25, 0.3) is 21.9 Å². The molecule has 0 atom stereocenters. The zero-order valence-corrected chi connectivity index (χ0v) is 20.5. The van der Waals surface area contributed by atoms with Crippen molar-refractivity contribution in [3.05, 3.63) is 144 Å². The van der Waals surface area contributed by atoms with Crippen LogP contribution in [0.2, 0.25) is 0 Å². The summed E-state index contributed by atoms with van der Waals surface area (Å²) in [7, 11) is 0. The fourth-order valence-electron chi connectivity index (χ4n) is 5.22. The van der Waals surface area contributed by atoms with Crippen molar-refractivity contribution in [1.82, 2.24) is 0 Å². The van der Waals surface area contributed by atoms with Crippen LogP contribution in [0.15, 0.2) is 121 Å². The number of hydrogen-bond acceptors (Lipinski definition) is 0. The normalized spacial score (nSPS) is 13.5. The summed E-state index contributed by atoms with van der Waals surface area (Å²) in [6.07, 6.45) is 0. The van der Waals surface area contributed by atoms with Gasteiger partial charge in [-0.05, 0) is 49.6 Å². The van der Waals surface area contributed by atoms with E-state index in [1.807, 2.05) is 0 Å². The Balaban J connectivity index is 0.000000439. The summed E-state index contributed by atoms with van der Waals surface area (Å²) in [5.41, 5.74) is 8.24. The number of rotatable bonds is 2. The highest BCUT2D eigenvalue weighted by Gasteiger charge is 2.46. The Labute approximate surface area is 203 Å². The van der Waals surface area contributed by atoms with E-state index in [4.69, 9.17) is 0 Å². The summed E-state index contributed by atoms with van der Waals surface area (Å²) in [5.74, 6) is 0. The molecular formula is C34H32. The van der Waals surface area contributed by atoms with Gasteiger partial charge in [0.05, 0.1) is 5.41 Å². The average molecular weight is 441 g/mol. The lowest BCUT2D eigenvalue weighted by Crippen LogP contribution is -2.28. The van der Waals surface area contributed by atoms with Crippen LogP contribution in [0.3, 0.4) is 0 Å². The van der Waals surface area contributed by atoms with Crippen molar-refractivity contribution in [3.63, 3.8) is 0 Å². The Morgan fingerprint density at radius 3 is 1.59 bits per heavy atom. The molecule has 0 fully saturated rings. The van der Waals surface area contributed by atoms with E-state index >= 15 is 0 Å². The van der Waals surface area contributed by atoms with Gasteiger partial charge < -0.3 is 0 Å². The van der Waals surface area contributed by atoms with Crippen LogP contribution in [0.5, 0.6) is 0 Å². The van der Waals surface area contributed by atoms with Gasteiger partial charge in [-0.1, -0.05) is 149 Å². The highest BCUT2D eigenvalue weighted by atomic mass is 14.5. The van der Waals surface area contributed by atoms with Gasteiger partial charge in [-0.2, -0.15) is 0 Å². The Morgan fingerprint density at radius 2 is 0.971 bits per heavy atom. The molecule has 0 heteroatoms. The zero-order chi connectivity index (χ0) is 23.8. The summed E-state index contributed by atoms with van der Waals surface area (Å²) >= 11 is 0.